The molecule has 98 valence electrons. The summed E-state index contributed by atoms with van der Waals surface area (Å²) >= 11 is 12.1. The fraction of sp³-hybridized carbons (Fsp3) is 0.462. The summed E-state index contributed by atoms with van der Waals surface area (Å²) in [4.78, 5) is 13.5. The van der Waals surface area contributed by atoms with E-state index in [2.05, 4.69) is 0 Å². The summed E-state index contributed by atoms with van der Waals surface area (Å²) < 4.78 is 0. The van der Waals surface area contributed by atoms with Crippen molar-refractivity contribution in [2.45, 2.75) is 25.3 Å². The summed E-state index contributed by atoms with van der Waals surface area (Å²) in [6.45, 7) is 1.58. The van der Waals surface area contributed by atoms with Gasteiger partial charge in [-0.2, -0.15) is 0 Å². The molecule has 3 nitrogen and oxygen atoms in total. The molecule has 0 bridgehead atoms. The molecular formula is C13H15Cl2NO2. The molecule has 1 aromatic carbocycles. The second-order valence-corrected chi connectivity index (χ2v) is 5.27. The molecule has 0 aromatic heterocycles. The van der Waals surface area contributed by atoms with E-state index in [9.17, 15) is 9.90 Å². The summed E-state index contributed by atoms with van der Waals surface area (Å²) in [5.74, 6) is -0.874. The van der Waals surface area contributed by atoms with Crippen LogP contribution in [0.25, 0.3) is 0 Å². The number of carbonyl (C=O) groups is 1. The Labute approximate surface area is 116 Å². The minimum absolute atomic E-state index is 0.345. The van der Waals surface area contributed by atoms with Crippen LogP contribution in [0.15, 0.2) is 18.2 Å². The molecule has 2 rings (SSSR count). The number of hydrogen-bond donors (Lipinski definition) is 1. The van der Waals surface area contributed by atoms with E-state index in [0.29, 0.717) is 15.6 Å². The minimum Gasteiger partial charge on any atom is -0.480 e. The third-order valence-corrected chi connectivity index (χ3v) is 4.10. The Hall–Kier alpha value is -0.770. The van der Waals surface area contributed by atoms with Crippen LogP contribution >= 0.6 is 23.2 Å². The third kappa shape index (κ3) is 2.79. The van der Waals surface area contributed by atoms with Gasteiger partial charge in [0.1, 0.15) is 6.04 Å². The Kier molecular flexibility index (Phi) is 4.49. The van der Waals surface area contributed by atoms with Gasteiger partial charge in [0.05, 0.1) is 10.0 Å². The molecule has 0 amide bonds. The number of halogens is 2. The van der Waals surface area contributed by atoms with E-state index in [0.717, 1.165) is 32.4 Å². The van der Waals surface area contributed by atoms with Crippen LogP contribution in [0, 0.1) is 0 Å². The van der Waals surface area contributed by atoms with Crippen molar-refractivity contribution < 1.29 is 9.90 Å². The highest BCUT2D eigenvalue weighted by atomic mass is 35.5. The fourth-order valence-electron chi connectivity index (χ4n) is 2.39. The zero-order valence-corrected chi connectivity index (χ0v) is 11.4. The Morgan fingerprint density at radius 1 is 1.22 bits per heavy atom. The Bertz CT molecular complexity index is 445. The van der Waals surface area contributed by atoms with Crippen LogP contribution in [-0.2, 0) is 4.79 Å². The van der Waals surface area contributed by atoms with Gasteiger partial charge < -0.3 is 5.11 Å². The van der Waals surface area contributed by atoms with E-state index in [4.69, 9.17) is 23.2 Å². The normalized spacial score (nSPS) is 18.6. The van der Waals surface area contributed by atoms with E-state index < -0.39 is 12.0 Å². The standard InChI is InChI=1S/C13H15Cl2NO2/c14-10-6-4-5-9(11(10)15)12(13(17)18)16-7-2-1-3-8-16/h4-6,12H,1-3,7-8H2,(H,17,18). The predicted octanol–water partition coefficient (Wildman–Crippen LogP) is 3.61. The molecule has 18 heavy (non-hydrogen) atoms. The van der Waals surface area contributed by atoms with Crippen molar-refractivity contribution in [1.82, 2.24) is 4.90 Å². The Balaban J connectivity index is 2.34. The van der Waals surface area contributed by atoms with Crippen molar-refractivity contribution >= 4 is 29.2 Å². The van der Waals surface area contributed by atoms with Crippen LogP contribution in [0.2, 0.25) is 10.0 Å². The molecule has 5 heteroatoms. The first-order chi connectivity index (χ1) is 8.61. The van der Waals surface area contributed by atoms with Gasteiger partial charge in [-0.3, -0.25) is 9.69 Å². The predicted molar refractivity (Wildman–Crippen MR) is 72.3 cm³/mol. The van der Waals surface area contributed by atoms with E-state index in [1.54, 1.807) is 18.2 Å². The van der Waals surface area contributed by atoms with Crippen LogP contribution in [0.5, 0.6) is 0 Å². The van der Waals surface area contributed by atoms with Crippen LogP contribution in [0.4, 0.5) is 0 Å². The van der Waals surface area contributed by atoms with Crippen LogP contribution in [0.1, 0.15) is 30.9 Å². The minimum atomic E-state index is -0.874. The molecule has 0 saturated carbocycles. The summed E-state index contributed by atoms with van der Waals surface area (Å²) in [6, 6.07) is 4.45. The monoisotopic (exact) mass is 287 g/mol. The molecule has 1 unspecified atom stereocenters. The second-order valence-electron chi connectivity index (χ2n) is 4.48. The zero-order valence-electron chi connectivity index (χ0n) is 9.90. The van der Waals surface area contributed by atoms with Gasteiger partial charge in [0.25, 0.3) is 0 Å². The van der Waals surface area contributed by atoms with Crippen molar-refractivity contribution in [3.63, 3.8) is 0 Å². The molecule has 1 aliphatic rings. The molecular weight excluding hydrogens is 273 g/mol. The molecule has 1 atom stereocenters. The lowest BCUT2D eigenvalue weighted by Crippen LogP contribution is -2.38. The van der Waals surface area contributed by atoms with Crippen LogP contribution in [-0.4, -0.2) is 29.1 Å². The maximum absolute atomic E-state index is 11.5. The lowest BCUT2D eigenvalue weighted by molar-refractivity contribution is -0.144. The summed E-state index contributed by atoms with van der Waals surface area (Å²) in [6.07, 6.45) is 3.22. The number of aliphatic carboxylic acids is 1. The van der Waals surface area contributed by atoms with Crippen molar-refractivity contribution in [2.75, 3.05) is 13.1 Å². The van der Waals surface area contributed by atoms with Gasteiger partial charge >= 0.3 is 5.97 Å². The van der Waals surface area contributed by atoms with E-state index in [1.807, 2.05) is 4.90 Å². The maximum atomic E-state index is 11.5. The molecule has 0 aliphatic carbocycles. The number of likely N-dealkylation sites (tertiary alicyclic amines) is 1. The Morgan fingerprint density at radius 3 is 2.50 bits per heavy atom. The first-order valence-electron chi connectivity index (χ1n) is 6.02. The number of nitrogens with zero attached hydrogens (tertiary/aromatic N) is 1. The zero-order chi connectivity index (χ0) is 13.1. The largest absolute Gasteiger partial charge is 0.480 e. The van der Waals surface area contributed by atoms with E-state index >= 15 is 0 Å². The number of hydrogen-bond acceptors (Lipinski definition) is 2. The van der Waals surface area contributed by atoms with E-state index in [1.165, 1.54) is 0 Å². The van der Waals surface area contributed by atoms with Gasteiger partial charge in [0, 0.05) is 5.56 Å². The van der Waals surface area contributed by atoms with Crippen LogP contribution < -0.4 is 0 Å². The number of piperidine rings is 1. The molecule has 1 fully saturated rings. The molecule has 0 radical (unpaired) electrons. The average molecular weight is 288 g/mol. The van der Waals surface area contributed by atoms with Crippen molar-refractivity contribution in [2.24, 2.45) is 0 Å². The molecule has 1 saturated heterocycles. The summed E-state index contributed by atoms with van der Waals surface area (Å²) in [5.41, 5.74) is 0.582. The topological polar surface area (TPSA) is 40.5 Å². The number of carboxylic acid groups (broad SMARTS) is 1. The highest BCUT2D eigenvalue weighted by molar-refractivity contribution is 6.42. The van der Waals surface area contributed by atoms with Gasteiger partial charge in [-0.25, -0.2) is 0 Å². The highest BCUT2D eigenvalue weighted by Crippen LogP contribution is 2.34. The first kappa shape index (κ1) is 13.7. The molecule has 1 N–H and O–H groups in total. The summed E-state index contributed by atoms with van der Waals surface area (Å²) in [7, 11) is 0. The second kappa shape index (κ2) is 5.91. The lowest BCUT2D eigenvalue weighted by Gasteiger charge is -2.32. The molecule has 0 spiro atoms. The van der Waals surface area contributed by atoms with Gasteiger partial charge in [-0.15, -0.1) is 0 Å². The highest BCUT2D eigenvalue weighted by Gasteiger charge is 2.30. The third-order valence-electron chi connectivity index (χ3n) is 3.27. The maximum Gasteiger partial charge on any atom is 0.325 e. The van der Waals surface area contributed by atoms with Crippen molar-refractivity contribution in [3.05, 3.63) is 33.8 Å². The van der Waals surface area contributed by atoms with Gasteiger partial charge in [-0.05, 0) is 32.0 Å². The SMILES string of the molecule is O=C(O)C(c1cccc(Cl)c1Cl)N1CCCCC1. The fourth-order valence-corrected chi connectivity index (χ4v) is 2.81. The number of benzene rings is 1. The Morgan fingerprint density at radius 2 is 1.89 bits per heavy atom. The molecule has 1 aliphatic heterocycles. The van der Waals surface area contributed by atoms with Gasteiger partial charge in [-0.1, -0.05) is 41.8 Å². The van der Waals surface area contributed by atoms with Crippen molar-refractivity contribution in [3.8, 4) is 0 Å². The number of carboxylic acids is 1. The van der Waals surface area contributed by atoms with Gasteiger partial charge in [0.2, 0.25) is 0 Å². The quantitative estimate of drug-likeness (QED) is 0.923. The van der Waals surface area contributed by atoms with Gasteiger partial charge in [0.15, 0.2) is 0 Å². The average Bonchev–Trinajstić information content (AvgIpc) is 2.36. The van der Waals surface area contributed by atoms with E-state index in [-0.39, 0.29) is 0 Å². The summed E-state index contributed by atoms with van der Waals surface area (Å²) in [5, 5.41) is 10.2. The first-order valence-corrected chi connectivity index (χ1v) is 6.77. The number of rotatable bonds is 3. The molecule has 1 heterocycles. The van der Waals surface area contributed by atoms with Crippen LogP contribution in [0.3, 0.4) is 0 Å². The van der Waals surface area contributed by atoms with Crippen molar-refractivity contribution in [1.29, 1.82) is 0 Å². The lowest BCUT2D eigenvalue weighted by atomic mass is 10.0. The molecule has 1 aromatic rings. The smallest absolute Gasteiger partial charge is 0.325 e.